The number of likely N-dealkylation sites (tertiary alicyclic amines) is 2. The minimum atomic E-state index is -0.439. The van der Waals surface area contributed by atoms with Crippen molar-refractivity contribution < 1.29 is 19.1 Å². The van der Waals surface area contributed by atoms with Gasteiger partial charge in [-0.15, -0.1) is 0 Å². The van der Waals surface area contributed by atoms with Crippen LogP contribution in [0.15, 0.2) is 0 Å². The first-order valence-corrected chi connectivity index (χ1v) is 6.69. The van der Waals surface area contributed by atoms with Gasteiger partial charge in [0, 0.05) is 32.5 Å². The van der Waals surface area contributed by atoms with Crippen LogP contribution in [0.1, 0.15) is 32.6 Å². The fourth-order valence-corrected chi connectivity index (χ4v) is 2.99. The Balaban J connectivity index is 2.02. The standard InChI is InChI=1S/C13H20N2O4/c1-9(16)14-7-5-10(6-8-14)15-11(13(18)19-2)3-4-12(15)17/h10-11H,3-8H2,1-2H3. The lowest BCUT2D eigenvalue weighted by Gasteiger charge is -2.38. The van der Waals surface area contributed by atoms with Crippen LogP contribution < -0.4 is 0 Å². The van der Waals surface area contributed by atoms with E-state index in [1.54, 1.807) is 16.7 Å². The Morgan fingerprint density at radius 1 is 1.21 bits per heavy atom. The van der Waals surface area contributed by atoms with Crippen molar-refractivity contribution in [1.82, 2.24) is 9.80 Å². The van der Waals surface area contributed by atoms with Crippen LogP contribution in [-0.2, 0) is 19.1 Å². The maximum Gasteiger partial charge on any atom is 0.328 e. The minimum Gasteiger partial charge on any atom is -0.467 e. The Kier molecular flexibility index (Phi) is 4.07. The summed E-state index contributed by atoms with van der Waals surface area (Å²) < 4.78 is 4.77. The summed E-state index contributed by atoms with van der Waals surface area (Å²) in [6.45, 7) is 2.86. The van der Waals surface area contributed by atoms with Gasteiger partial charge < -0.3 is 14.5 Å². The molecule has 6 nitrogen and oxygen atoms in total. The van der Waals surface area contributed by atoms with E-state index in [-0.39, 0.29) is 23.8 Å². The summed E-state index contributed by atoms with van der Waals surface area (Å²) in [6.07, 6.45) is 2.42. The second-order valence-corrected chi connectivity index (χ2v) is 5.12. The molecule has 2 aliphatic rings. The molecule has 2 rings (SSSR count). The van der Waals surface area contributed by atoms with Crippen molar-refractivity contribution >= 4 is 17.8 Å². The lowest BCUT2D eigenvalue weighted by molar-refractivity contribution is -0.151. The van der Waals surface area contributed by atoms with Crippen molar-refractivity contribution in [2.45, 2.75) is 44.7 Å². The zero-order valence-corrected chi connectivity index (χ0v) is 11.4. The first-order valence-electron chi connectivity index (χ1n) is 6.69. The molecule has 0 aromatic carbocycles. The minimum absolute atomic E-state index is 0.0247. The number of piperidine rings is 1. The predicted octanol–water partition coefficient (Wildman–Crippen LogP) is 0.161. The van der Waals surface area contributed by atoms with E-state index in [2.05, 4.69) is 0 Å². The molecule has 0 bridgehead atoms. The van der Waals surface area contributed by atoms with Gasteiger partial charge in [0.15, 0.2) is 0 Å². The smallest absolute Gasteiger partial charge is 0.328 e. The van der Waals surface area contributed by atoms with Gasteiger partial charge in [0.1, 0.15) is 6.04 Å². The molecule has 0 aromatic rings. The van der Waals surface area contributed by atoms with E-state index in [9.17, 15) is 14.4 Å². The fraction of sp³-hybridized carbons (Fsp3) is 0.769. The lowest BCUT2D eigenvalue weighted by atomic mass is 10.0. The number of methoxy groups -OCH3 is 1. The Morgan fingerprint density at radius 2 is 1.84 bits per heavy atom. The first kappa shape index (κ1) is 13.8. The molecule has 1 atom stereocenters. The average Bonchev–Trinajstić information content (AvgIpc) is 2.80. The van der Waals surface area contributed by atoms with Crippen LogP contribution in [0.5, 0.6) is 0 Å². The molecule has 2 amide bonds. The summed E-state index contributed by atoms with van der Waals surface area (Å²) in [5.41, 5.74) is 0. The number of ether oxygens (including phenoxy) is 1. The van der Waals surface area contributed by atoms with Crippen LogP contribution in [0.3, 0.4) is 0 Å². The van der Waals surface area contributed by atoms with Crippen molar-refractivity contribution in [3.05, 3.63) is 0 Å². The number of amides is 2. The highest BCUT2D eigenvalue weighted by Gasteiger charge is 2.41. The molecule has 106 valence electrons. The topological polar surface area (TPSA) is 66.9 Å². The molecular weight excluding hydrogens is 248 g/mol. The second kappa shape index (κ2) is 5.59. The van der Waals surface area contributed by atoms with E-state index < -0.39 is 6.04 Å². The van der Waals surface area contributed by atoms with Gasteiger partial charge in [-0.05, 0) is 19.3 Å². The summed E-state index contributed by atoms with van der Waals surface area (Å²) in [6, 6.07) is -0.388. The number of rotatable bonds is 2. The van der Waals surface area contributed by atoms with Gasteiger partial charge in [-0.2, -0.15) is 0 Å². The van der Waals surface area contributed by atoms with Crippen molar-refractivity contribution in [1.29, 1.82) is 0 Å². The first-order chi connectivity index (χ1) is 9.04. The van der Waals surface area contributed by atoms with Crippen LogP contribution in [0.25, 0.3) is 0 Å². The Hall–Kier alpha value is -1.59. The van der Waals surface area contributed by atoms with Gasteiger partial charge >= 0.3 is 5.97 Å². The number of hydrogen-bond acceptors (Lipinski definition) is 4. The Morgan fingerprint density at radius 3 is 2.37 bits per heavy atom. The molecule has 2 aliphatic heterocycles. The molecule has 0 N–H and O–H groups in total. The summed E-state index contributed by atoms with van der Waals surface area (Å²) in [5, 5.41) is 0. The summed E-state index contributed by atoms with van der Waals surface area (Å²) in [4.78, 5) is 38.4. The third-order valence-corrected chi connectivity index (χ3v) is 4.03. The van der Waals surface area contributed by atoms with Gasteiger partial charge in [-0.25, -0.2) is 4.79 Å². The molecule has 19 heavy (non-hydrogen) atoms. The molecule has 2 heterocycles. The molecule has 0 radical (unpaired) electrons. The SMILES string of the molecule is COC(=O)C1CCC(=O)N1C1CCN(C(C)=O)CC1. The predicted molar refractivity (Wildman–Crippen MR) is 67.2 cm³/mol. The van der Waals surface area contributed by atoms with Gasteiger partial charge in [-0.3, -0.25) is 9.59 Å². The fourth-order valence-electron chi connectivity index (χ4n) is 2.99. The molecule has 0 aromatic heterocycles. The quantitative estimate of drug-likeness (QED) is 0.669. The van der Waals surface area contributed by atoms with E-state index in [0.717, 1.165) is 12.8 Å². The van der Waals surface area contributed by atoms with Gasteiger partial charge in [0.25, 0.3) is 0 Å². The number of hydrogen-bond donors (Lipinski definition) is 0. The third-order valence-electron chi connectivity index (χ3n) is 4.03. The molecule has 0 aliphatic carbocycles. The monoisotopic (exact) mass is 268 g/mol. The maximum atomic E-state index is 12.0. The summed E-state index contributed by atoms with van der Waals surface area (Å²) in [5.74, 6) is -0.243. The van der Waals surface area contributed by atoms with Crippen molar-refractivity contribution in [2.24, 2.45) is 0 Å². The molecule has 0 spiro atoms. The molecule has 0 saturated carbocycles. The van der Waals surface area contributed by atoms with E-state index in [1.165, 1.54) is 7.11 Å². The maximum absolute atomic E-state index is 12.0. The highest BCUT2D eigenvalue weighted by atomic mass is 16.5. The second-order valence-electron chi connectivity index (χ2n) is 5.12. The summed E-state index contributed by atoms with van der Waals surface area (Å²) >= 11 is 0. The van der Waals surface area contributed by atoms with E-state index in [0.29, 0.717) is 25.9 Å². The normalized spacial score (nSPS) is 24.7. The number of esters is 1. The molecule has 2 fully saturated rings. The van der Waals surface area contributed by atoms with Crippen molar-refractivity contribution in [2.75, 3.05) is 20.2 Å². The Bertz CT molecular complexity index is 388. The average molecular weight is 268 g/mol. The van der Waals surface area contributed by atoms with Gasteiger partial charge in [-0.1, -0.05) is 0 Å². The molecule has 1 unspecified atom stereocenters. The number of nitrogens with zero attached hydrogens (tertiary/aromatic N) is 2. The molecular formula is C13H20N2O4. The highest BCUT2D eigenvalue weighted by Crippen LogP contribution is 2.27. The van der Waals surface area contributed by atoms with Gasteiger partial charge in [0.05, 0.1) is 7.11 Å². The van der Waals surface area contributed by atoms with Crippen LogP contribution in [0.2, 0.25) is 0 Å². The zero-order valence-electron chi connectivity index (χ0n) is 11.4. The number of carbonyl (C=O) groups excluding carboxylic acids is 3. The van der Waals surface area contributed by atoms with Crippen LogP contribution in [0.4, 0.5) is 0 Å². The van der Waals surface area contributed by atoms with Crippen molar-refractivity contribution in [3.63, 3.8) is 0 Å². The van der Waals surface area contributed by atoms with Crippen molar-refractivity contribution in [3.8, 4) is 0 Å². The van der Waals surface area contributed by atoms with Crippen LogP contribution in [-0.4, -0.2) is 59.9 Å². The zero-order chi connectivity index (χ0) is 14.0. The molecule has 6 heteroatoms. The van der Waals surface area contributed by atoms with Crippen LogP contribution in [0, 0.1) is 0 Å². The van der Waals surface area contributed by atoms with E-state index in [4.69, 9.17) is 4.74 Å². The Labute approximate surface area is 112 Å². The van der Waals surface area contributed by atoms with E-state index >= 15 is 0 Å². The number of carbonyl (C=O) groups is 3. The summed E-state index contributed by atoms with van der Waals surface area (Å²) in [7, 11) is 1.35. The van der Waals surface area contributed by atoms with Gasteiger partial charge in [0.2, 0.25) is 11.8 Å². The third kappa shape index (κ3) is 2.72. The van der Waals surface area contributed by atoms with E-state index in [1.807, 2.05) is 0 Å². The molecule has 2 saturated heterocycles. The highest BCUT2D eigenvalue weighted by molar-refractivity contribution is 5.88. The van der Waals surface area contributed by atoms with Crippen LogP contribution >= 0.6 is 0 Å². The lowest BCUT2D eigenvalue weighted by Crippen LogP contribution is -2.51. The largest absolute Gasteiger partial charge is 0.467 e.